The van der Waals surface area contributed by atoms with Gasteiger partial charge in [-0.05, 0) is 42.9 Å². The molecule has 10 heteroatoms. The number of benzene rings is 1. The van der Waals surface area contributed by atoms with Gasteiger partial charge >= 0.3 is 0 Å². The highest BCUT2D eigenvalue weighted by atomic mass is 127. The number of rotatable bonds is 10. The van der Waals surface area contributed by atoms with Gasteiger partial charge in [-0.1, -0.05) is 0 Å². The summed E-state index contributed by atoms with van der Waals surface area (Å²) in [4.78, 5) is 5.16. The van der Waals surface area contributed by atoms with E-state index in [4.69, 9.17) is 0 Å². The lowest BCUT2D eigenvalue weighted by Crippen LogP contribution is -2.39. The van der Waals surface area contributed by atoms with Crippen LogP contribution in [-0.4, -0.2) is 53.1 Å². The Kier molecular flexibility index (Phi) is 13.3. The molecule has 1 aromatic rings. The number of guanidine groups is 1. The maximum atomic E-state index is 12.8. The van der Waals surface area contributed by atoms with Crippen molar-refractivity contribution in [2.24, 2.45) is 4.99 Å². The van der Waals surface area contributed by atoms with Crippen molar-refractivity contribution in [2.75, 3.05) is 38.7 Å². The quantitative estimate of drug-likeness (QED) is 0.149. The van der Waals surface area contributed by atoms with Gasteiger partial charge in [0, 0.05) is 31.6 Å². The zero-order chi connectivity index (χ0) is 17.8. The second-order valence-electron chi connectivity index (χ2n) is 5.10. The molecule has 0 bridgehead atoms. The molecule has 0 amide bonds. The molecule has 1 aromatic carbocycles. The highest BCUT2D eigenvalue weighted by Gasteiger charge is 2.00. The maximum absolute atomic E-state index is 12.8. The smallest absolute Gasteiger partial charge is 0.208 e. The van der Waals surface area contributed by atoms with E-state index in [2.05, 4.69) is 20.3 Å². The fourth-order valence-corrected chi connectivity index (χ4v) is 3.14. The van der Waals surface area contributed by atoms with Crippen molar-refractivity contribution in [2.45, 2.75) is 17.7 Å². The van der Waals surface area contributed by atoms with Crippen molar-refractivity contribution in [3.05, 3.63) is 30.1 Å². The molecule has 0 saturated carbocycles. The Bertz CT molecular complexity index is 612. The van der Waals surface area contributed by atoms with Crippen molar-refractivity contribution in [1.82, 2.24) is 15.4 Å². The third-order valence-electron chi connectivity index (χ3n) is 2.93. The van der Waals surface area contributed by atoms with E-state index in [1.807, 2.05) is 0 Å². The first-order chi connectivity index (χ1) is 11.4. The number of thioether (sulfide) groups is 1. The lowest BCUT2D eigenvalue weighted by molar-refractivity contribution is 0.584. The summed E-state index contributed by atoms with van der Waals surface area (Å²) < 4.78 is 37.1. The van der Waals surface area contributed by atoms with E-state index in [-0.39, 0.29) is 29.8 Å². The van der Waals surface area contributed by atoms with Crippen LogP contribution < -0.4 is 15.4 Å². The molecule has 6 nitrogen and oxygen atoms in total. The van der Waals surface area contributed by atoms with Crippen LogP contribution >= 0.6 is 35.7 Å². The molecule has 0 aliphatic heterocycles. The van der Waals surface area contributed by atoms with Crippen LogP contribution in [0.15, 0.2) is 34.2 Å². The average molecular weight is 504 g/mol. The van der Waals surface area contributed by atoms with Crippen LogP contribution in [0.3, 0.4) is 0 Å². The van der Waals surface area contributed by atoms with Gasteiger partial charge < -0.3 is 10.6 Å². The molecular formula is C15H26FIN4O2S2. The van der Waals surface area contributed by atoms with E-state index in [1.54, 1.807) is 30.9 Å². The van der Waals surface area contributed by atoms with E-state index in [0.29, 0.717) is 25.5 Å². The molecule has 0 aromatic heterocycles. The van der Waals surface area contributed by atoms with Crippen LogP contribution in [0.4, 0.5) is 4.39 Å². The van der Waals surface area contributed by atoms with E-state index in [0.717, 1.165) is 29.9 Å². The molecule has 0 saturated heterocycles. The van der Waals surface area contributed by atoms with Crippen LogP contribution in [-0.2, 0) is 10.0 Å². The Balaban J connectivity index is 0.00000576. The molecule has 0 radical (unpaired) electrons. The zero-order valence-electron chi connectivity index (χ0n) is 14.4. The van der Waals surface area contributed by atoms with Crippen molar-refractivity contribution in [1.29, 1.82) is 0 Å². The Morgan fingerprint density at radius 3 is 2.28 bits per heavy atom. The molecule has 0 heterocycles. The van der Waals surface area contributed by atoms with Gasteiger partial charge in [0.15, 0.2) is 5.96 Å². The highest BCUT2D eigenvalue weighted by molar-refractivity contribution is 14.0. The lowest BCUT2D eigenvalue weighted by atomic mass is 10.4. The Morgan fingerprint density at radius 1 is 1.12 bits per heavy atom. The predicted molar refractivity (Wildman–Crippen MR) is 114 cm³/mol. The minimum Gasteiger partial charge on any atom is -0.356 e. The first kappa shape index (κ1) is 24.4. The molecule has 0 fully saturated rings. The summed E-state index contributed by atoms with van der Waals surface area (Å²) in [6.45, 7) is 1.80. The van der Waals surface area contributed by atoms with Crippen LogP contribution in [0.25, 0.3) is 0 Å². The summed E-state index contributed by atoms with van der Waals surface area (Å²) in [5, 5.41) is 6.32. The van der Waals surface area contributed by atoms with Gasteiger partial charge in [-0.3, -0.25) is 4.99 Å². The number of nitrogens with one attached hydrogen (secondary N) is 3. The summed E-state index contributed by atoms with van der Waals surface area (Å²) in [5.41, 5.74) is 0. The fourth-order valence-electron chi connectivity index (χ4n) is 1.77. The van der Waals surface area contributed by atoms with Crippen molar-refractivity contribution >= 4 is 51.7 Å². The van der Waals surface area contributed by atoms with E-state index in [1.165, 1.54) is 12.1 Å². The molecular weight excluding hydrogens is 478 g/mol. The number of hydrogen-bond donors (Lipinski definition) is 3. The largest absolute Gasteiger partial charge is 0.356 e. The van der Waals surface area contributed by atoms with E-state index in [9.17, 15) is 12.8 Å². The second-order valence-corrected chi connectivity index (χ2v) is 8.10. The third kappa shape index (κ3) is 13.3. The SMILES string of the molecule is CN=C(NCCCNS(C)(=O)=O)NCCCSc1ccc(F)cc1.I. The molecule has 0 atom stereocenters. The minimum atomic E-state index is -3.12. The summed E-state index contributed by atoms with van der Waals surface area (Å²) in [6, 6.07) is 6.48. The van der Waals surface area contributed by atoms with Crippen LogP contribution in [0, 0.1) is 5.82 Å². The number of nitrogens with zero attached hydrogens (tertiary/aromatic N) is 1. The van der Waals surface area contributed by atoms with Crippen LogP contribution in [0.5, 0.6) is 0 Å². The van der Waals surface area contributed by atoms with E-state index >= 15 is 0 Å². The second kappa shape index (κ2) is 13.6. The average Bonchev–Trinajstić information content (AvgIpc) is 2.53. The molecule has 0 aliphatic rings. The third-order valence-corrected chi connectivity index (χ3v) is 4.76. The molecule has 3 N–H and O–H groups in total. The summed E-state index contributed by atoms with van der Waals surface area (Å²) in [6.07, 6.45) is 2.76. The maximum Gasteiger partial charge on any atom is 0.208 e. The zero-order valence-corrected chi connectivity index (χ0v) is 18.4. The summed E-state index contributed by atoms with van der Waals surface area (Å²) in [7, 11) is -1.43. The number of hydrogen-bond acceptors (Lipinski definition) is 4. The fraction of sp³-hybridized carbons (Fsp3) is 0.533. The number of aliphatic imine (C=N–C) groups is 1. The summed E-state index contributed by atoms with van der Waals surface area (Å²) in [5.74, 6) is 1.40. The number of halogens is 2. The molecule has 0 aliphatic carbocycles. The topological polar surface area (TPSA) is 82.6 Å². The first-order valence-corrected chi connectivity index (χ1v) is 10.6. The molecule has 0 spiro atoms. The molecule has 1 rings (SSSR count). The van der Waals surface area contributed by atoms with Crippen molar-refractivity contribution < 1.29 is 12.8 Å². The van der Waals surface area contributed by atoms with Crippen LogP contribution in [0.1, 0.15) is 12.8 Å². The predicted octanol–water partition coefficient (Wildman–Crippen LogP) is 2.03. The first-order valence-electron chi connectivity index (χ1n) is 7.68. The van der Waals surface area contributed by atoms with Gasteiger partial charge in [0.1, 0.15) is 5.82 Å². The normalized spacial score (nSPS) is 11.7. The van der Waals surface area contributed by atoms with Gasteiger partial charge in [0.05, 0.1) is 6.26 Å². The van der Waals surface area contributed by atoms with Gasteiger partial charge in [-0.2, -0.15) is 0 Å². The lowest BCUT2D eigenvalue weighted by Gasteiger charge is -2.11. The summed E-state index contributed by atoms with van der Waals surface area (Å²) >= 11 is 1.68. The van der Waals surface area contributed by atoms with Gasteiger partial charge in [0.25, 0.3) is 0 Å². The van der Waals surface area contributed by atoms with Gasteiger partial charge in [-0.15, -0.1) is 35.7 Å². The molecule has 0 unspecified atom stereocenters. The van der Waals surface area contributed by atoms with Crippen molar-refractivity contribution in [3.63, 3.8) is 0 Å². The van der Waals surface area contributed by atoms with E-state index < -0.39 is 10.0 Å². The Morgan fingerprint density at radius 2 is 1.72 bits per heavy atom. The van der Waals surface area contributed by atoms with Gasteiger partial charge in [-0.25, -0.2) is 17.5 Å². The number of sulfonamides is 1. The standard InChI is InChI=1S/C15H25FN4O2S2.HI/c1-17-15(18-9-3-11-20-24(2,21)22)19-10-4-12-23-14-7-5-13(16)6-8-14;/h5-8,20H,3-4,9-12H2,1-2H3,(H2,17,18,19);1H. The van der Waals surface area contributed by atoms with Crippen molar-refractivity contribution in [3.8, 4) is 0 Å². The Labute approximate surface area is 170 Å². The molecule has 25 heavy (non-hydrogen) atoms. The monoisotopic (exact) mass is 504 g/mol. The molecule has 144 valence electrons. The minimum absolute atomic E-state index is 0. The highest BCUT2D eigenvalue weighted by Crippen LogP contribution is 2.18. The van der Waals surface area contributed by atoms with Crippen LogP contribution in [0.2, 0.25) is 0 Å². The Hall–Kier alpha value is -0.590. The van der Waals surface area contributed by atoms with Gasteiger partial charge in [0.2, 0.25) is 10.0 Å².